The van der Waals surface area contributed by atoms with Crippen LogP contribution in [0.1, 0.15) is 24.5 Å². The SMILES string of the molecule is CCCn1ccc(CNc2cc(Br)c(F)cc2C)c1. The van der Waals surface area contributed by atoms with E-state index in [2.05, 4.69) is 51.2 Å². The van der Waals surface area contributed by atoms with Crippen molar-refractivity contribution < 1.29 is 4.39 Å². The monoisotopic (exact) mass is 324 g/mol. The largest absolute Gasteiger partial charge is 0.381 e. The summed E-state index contributed by atoms with van der Waals surface area (Å²) in [5.74, 6) is -0.225. The van der Waals surface area contributed by atoms with E-state index in [1.807, 2.05) is 6.92 Å². The molecule has 0 radical (unpaired) electrons. The number of aryl methyl sites for hydroxylation is 2. The van der Waals surface area contributed by atoms with Gasteiger partial charge in [0.2, 0.25) is 0 Å². The minimum atomic E-state index is -0.225. The summed E-state index contributed by atoms with van der Waals surface area (Å²) in [4.78, 5) is 0. The molecule has 1 N–H and O–H groups in total. The molecule has 0 atom stereocenters. The third-order valence-corrected chi connectivity index (χ3v) is 3.65. The van der Waals surface area contributed by atoms with E-state index in [1.54, 1.807) is 6.07 Å². The number of anilines is 1. The molecular formula is C15H18BrFN2. The molecule has 0 fully saturated rings. The minimum Gasteiger partial charge on any atom is -0.381 e. The Kier molecular flexibility index (Phi) is 4.64. The molecule has 0 aliphatic carbocycles. The van der Waals surface area contributed by atoms with Crippen molar-refractivity contribution in [2.75, 3.05) is 5.32 Å². The Labute approximate surface area is 121 Å². The maximum Gasteiger partial charge on any atom is 0.137 e. The number of rotatable bonds is 5. The van der Waals surface area contributed by atoms with E-state index in [0.717, 1.165) is 30.8 Å². The lowest BCUT2D eigenvalue weighted by molar-refractivity contribution is 0.620. The van der Waals surface area contributed by atoms with Gasteiger partial charge in [-0.05, 0) is 58.6 Å². The van der Waals surface area contributed by atoms with E-state index in [0.29, 0.717) is 4.47 Å². The van der Waals surface area contributed by atoms with Crippen LogP contribution in [0.5, 0.6) is 0 Å². The molecule has 19 heavy (non-hydrogen) atoms. The van der Waals surface area contributed by atoms with Crippen LogP contribution in [0.4, 0.5) is 10.1 Å². The van der Waals surface area contributed by atoms with Crippen LogP contribution in [0.3, 0.4) is 0 Å². The lowest BCUT2D eigenvalue weighted by atomic mass is 10.2. The number of hydrogen-bond acceptors (Lipinski definition) is 1. The Morgan fingerprint density at radius 2 is 2.16 bits per heavy atom. The van der Waals surface area contributed by atoms with Crippen LogP contribution in [0.25, 0.3) is 0 Å². The fourth-order valence-electron chi connectivity index (χ4n) is 2.03. The standard InChI is InChI=1S/C15H18BrFN2/c1-3-5-19-6-4-12(10-19)9-18-15-8-13(16)14(17)7-11(15)2/h4,6-8,10,18H,3,5,9H2,1-2H3. The van der Waals surface area contributed by atoms with Gasteiger partial charge in [-0.2, -0.15) is 0 Å². The van der Waals surface area contributed by atoms with Crippen molar-refractivity contribution in [1.29, 1.82) is 0 Å². The van der Waals surface area contributed by atoms with Crippen LogP contribution < -0.4 is 5.32 Å². The summed E-state index contributed by atoms with van der Waals surface area (Å²) in [6.45, 7) is 5.86. The Morgan fingerprint density at radius 1 is 1.37 bits per heavy atom. The van der Waals surface area contributed by atoms with Crippen LogP contribution in [-0.4, -0.2) is 4.57 Å². The highest BCUT2D eigenvalue weighted by molar-refractivity contribution is 9.10. The van der Waals surface area contributed by atoms with Gasteiger partial charge >= 0.3 is 0 Å². The van der Waals surface area contributed by atoms with Crippen LogP contribution in [0.2, 0.25) is 0 Å². The van der Waals surface area contributed by atoms with Crippen molar-refractivity contribution in [1.82, 2.24) is 4.57 Å². The van der Waals surface area contributed by atoms with E-state index in [4.69, 9.17) is 0 Å². The minimum absolute atomic E-state index is 0.225. The molecule has 2 nitrogen and oxygen atoms in total. The zero-order chi connectivity index (χ0) is 13.8. The van der Waals surface area contributed by atoms with Gasteiger partial charge in [-0.1, -0.05) is 6.92 Å². The molecule has 0 amide bonds. The highest BCUT2D eigenvalue weighted by atomic mass is 79.9. The zero-order valence-corrected chi connectivity index (χ0v) is 12.8. The lowest BCUT2D eigenvalue weighted by Crippen LogP contribution is -2.01. The predicted molar refractivity (Wildman–Crippen MR) is 80.9 cm³/mol. The Balaban J connectivity index is 2.03. The highest BCUT2D eigenvalue weighted by Crippen LogP contribution is 2.24. The van der Waals surface area contributed by atoms with Crippen LogP contribution >= 0.6 is 15.9 Å². The fourth-order valence-corrected chi connectivity index (χ4v) is 2.37. The van der Waals surface area contributed by atoms with Crippen LogP contribution in [0, 0.1) is 12.7 Å². The quantitative estimate of drug-likeness (QED) is 0.842. The first-order valence-electron chi connectivity index (χ1n) is 6.44. The average Bonchev–Trinajstić information content (AvgIpc) is 2.80. The molecule has 0 aliphatic heterocycles. The topological polar surface area (TPSA) is 17.0 Å². The van der Waals surface area contributed by atoms with E-state index >= 15 is 0 Å². The van der Waals surface area contributed by atoms with Gasteiger partial charge in [0, 0.05) is 31.2 Å². The molecular weight excluding hydrogens is 307 g/mol. The molecule has 0 saturated heterocycles. The molecule has 2 aromatic rings. The molecule has 4 heteroatoms. The number of aromatic nitrogens is 1. The predicted octanol–water partition coefficient (Wildman–Crippen LogP) is 4.72. The average molecular weight is 325 g/mol. The van der Waals surface area contributed by atoms with Crippen molar-refractivity contribution in [3.63, 3.8) is 0 Å². The second kappa shape index (κ2) is 6.24. The molecule has 1 heterocycles. The van der Waals surface area contributed by atoms with E-state index in [-0.39, 0.29) is 5.82 Å². The Morgan fingerprint density at radius 3 is 2.89 bits per heavy atom. The van der Waals surface area contributed by atoms with Crippen molar-refractivity contribution in [3.8, 4) is 0 Å². The number of nitrogens with one attached hydrogen (secondary N) is 1. The molecule has 0 unspecified atom stereocenters. The van der Waals surface area contributed by atoms with Gasteiger partial charge in [-0.15, -0.1) is 0 Å². The lowest BCUT2D eigenvalue weighted by Gasteiger charge is -2.10. The van der Waals surface area contributed by atoms with E-state index in [9.17, 15) is 4.39 Å². The van der Waals surface area contributed by atoms with Gasteiger partial charge in [0.15, 0.2) is 0 Å². The van der Waals surface area contributed by atoms with Gasteiger partial charge in [0.1, 0.15) is 5.82 Å². The van der Waals surface area contributed by atoms with E-state index in [1.165, 1.54) is 11.6 Å². The maximum atomic E-state index is 13.3. The van der Waals surface area contributed by atoms with Crippen molar-refractivity contribution in [3.05, 3.63) is 52.0 Å². The molecule has 0 aliphatic rings. The van der Waals surface area contributed by atoms with Gasteiger partial charge in [-0.25, -0.2) is 4.39 Å². The zero-order valence-electron chi connectivity index (χ0n) is 11.2. The summed E-state index contributed by atoms with van der Waals surface area (Å²) in [5, 5.41) is 3.34. The first-order valence-corrected chi connectivity index (χ1v) is 7.23. The summed E-state index contributed by atoms with van der Waals surface area (Å²) >= 11 is 3.21. The van der Waals surface area contributed by atoms with E-state index < -0.39 is 0 Å². The summed E-state index contributed by atoms with van der Waals surface area (Å²) in [7, 11) is 0. The summed E-state index contributed by atoms with van der Waals surface area (Å²) in [5.41, 5.74) is 3.10. The maximum absolute atomic E-state index is 13.3. The Hall–Kier alpha value is -1.29. The smallest absolute Gasteiger partial charge is 0.137 e. The number of nitrogens with zero attached hydrogens (tertiary/aromatic N) is 1. The number of halogens is 2. The normalized spacial score (nSPS) is 10.7. The summed E-state index contributed by atoms with van der Waals surface area (Å²) in [6, 6.07) is 5.43. The third kappa shape index (κ3) is 3.60. The Bertz CT molecular complexity index is 563. The molecule has 1 aromatic carbocycles. The molecule has 1 aromatic heterocycles. The first kappa shape index (κ1) is 14.1. The second-order valence-corrected chi connectivity index (χ2v) is 5.55. The van der Waals surface area contributed by atoms with Gasteiger partial charge in [-0.3, -0.25) is 0 Å². The molecule has 102 valence electrons. The van der Waals surface area contributed by atoms with Gasteiger partial charge in [0.25, 0.3) is 0 Å². The van der Waals surface area contributed by atoms with Gasteiger partial charge in [0.05, 0.1) is 4.47 Å². The molecule has 0 saturated carbocycles. The number of hydrogen-bond donors (Lipinski definition) is 1. The third-order valence-electron chi connectivity index (χ3n) is 3.04. The summed E-state index contributed by atoms with van der Waals surface area (Å²) < 4.78 is 16.0. The molecule has 0 bridgehead atoms. The van der Waals surface area contributed by atoms with Crippen molar-refractivity contribution in [2.45, 2.75) is 33.4 Å². The van der Waals surface area contributed by atoms with Gasteiger partial charge < -0.3 is 9.88 Å². The first-order chi connectivity index (χ1) is 9.10. The van der Waals surface area contributed by atoms with Crippen molar-refractivity contribution >= 4 is 21.6 Å². The second-order valence-electron chi connectivity index (χ2n) is 4.69. The molecule has 0 spiro atoms. The van der Waals surface area contributed by atoms with Crippen molar-refractivity contribution in [2.24, 2.45) is 0 Å². The molecule has 2 rings (SSSR count). The van der Waals surface area contributed by atoms with Crippen LogP contribution in [0.15, 0.2) is 35.1 Å². The fraction of sp³-hybridized carbons (Fsp3) is 0.333. The highest BCUT2D eigenvalue weighted by Gasteiger charge is 2.05. The van der Waals surface area contributed by atoms with Crippen LogP contribution in [-0.2, 0) is 13.1 Å². The number of benzene rings is 1. The summed E-state index contributed by atoms with van der Waals surface area (Å²) in [6.07, 6.45) is 5.36.